The molecule has 10 heteroatoms. The lowest BCUT2D eigenvalue weighted by molar-refractivity contribution is -0.384. The first-order valence-corrected chi connectivity index (χ1v) is 6.49. The number of thiazole rings is 1. The minimum Gasteiger partial charge on any atom is -0.348 e. The normalized spacial score (nSPS) is 10.3. The van der Waals surface area contributed by atoms with Crippen LogP contribution in [0.2, 0.25) is 0 Å². The zero-order valence-corrected chi connectivity index (χ0v) is 11.7. The van der Waals surface area contributed by atoms with Crippen LogP contribution in [0, 0.1) is 17.0 Å². The number of rotatable bonds is 5. The zero-order valence-electron chi connectivity index (χ0n) is 10.9. The first kappa shape index (κ1) is 14.1. The average Bonchev–Trinajstić information content (AvgIpc) is 2.83. The van der Waals surface area contributed by atoms with E-state index >= 15 is 0 Å². The summed E-state index contributed by atoms with van der Waals surface area (Å²) in [6.45, 7) is 2.31. The van der Waals surface area contributed by atoms with E-state index in [1.165, 1.54) is 11.3 Å². The molecule has 20 heavy (non-hydrogen) atoms. The van der Waals surface area contributed by atoms with Crippen LogP contribution in [-0.2, 0) is 6.54 Å². The molecule has 2 aromatic heterocycles. The van der Waals surface area contributed by atoms with E-state index in [-0.39, 0.29) is 17.5 Å². The van der Waals surface area contributed by atoms with E-state index in [9.17, 15) is 10.1 Å². The SMILES string of the molecule is Cc1nc(CN(C)c2nc(NN)ncc2[N+](=O)[O-])cs1. The summed E-state index contributed by atoms with van der Waals surface area (Å²) in [6.07, 6.45) is 1.13. The molecule has 9 nitrogen and oxygen atoms in total. The van der Waals surface area contributed by atoms with Crippen LogP contribution >= 0.6 is 11.3 Å². The van der Waals surface area contributed by atoms with E-state index in [0.29, 0.717) is 6.54 Å². The standard InChI is InChI=1S/C10H13N7O2S/c1-6-13-7(5-20-6)4-16(2)9-8(17(18)19)3-12-10(14-9)15-11/h3,5H,4,11H2,1-2H3,(H,12,14,15). The second kappa shape index (κ2) is 5.75. The van der Waals surface area contributed by atoms with Crippen LogP contribution < -0.4 is 16.2 Å². The molecular formula is C10H13N7O2S. The van der Waals surface area contributed by atoms with Gasteiger partial charge in [-0.1, -0.05) is 0 Å². The van der Waals surface area contributed by atoms with Gasteiger partial charge in [-0.05, 0) is 6.92 Å². The highest BCUT2D eigenvalue weighted by Gasteiger charge is 2.21. The Labute approximate surface area is 118 Å². The second-order valence-corrected chi connectivity index (χ2v) is 5.08. The van der Waals surface area contributed by atoms with Crippen molar-refractivity contribution in [3.05, 3.63) is 32.4 Å². The second-order valence-electron chi connectivity index (χ2n) is 4.02. The monoisotopic (exact) mass is 295 g/mol. The fourth-order valence-electron chi connectivity index (χ4n) is 1.64. The predicted molar refractivity (Wildman–Crippen MR) is 75.5 cm³/mol. The molecule has 0 aliphatic rings. The number of aromatic nitrogens is 3. The molecule has 0 aromatic carbocycles. The minimum atomic E-state index is -0.529. The number of nitrogens with two attached hydrogens (primary N) is 1. The van der Waals surface area contributed by atoms with Gasteiger partial charge in [-0.15, -0.1) is 11.3 Å². The van der Waals surface area contributed by atoms with Crippen LogP contribution in [-0.4, -0.2) is 26.9 Å². The molecule has 2 aromatic rings. The molecule has 2 rings (SSSR count). The maximum Gasteiger partial charge on any atom is 0.329 e. The topological polar surface area (TPSA) is 123 Å². The summed E-state index contributed by atoms with van der Waals surface area (Å²) < 4.78 is 0. The molecule has 0 saturated heterocycles. The molecule has 0 aliphatic heterocycles. The van der Waals surface area contributed by atoms with Crippen molar-refractivity contribution in [3.63, 3.8) is 0 Å². The molecule has 106 valence electrons. The maximum atomic E-state index is 11.0. The van der Waals surface area contributed by atoms with E-state index in [2.05, 4.69) is 20.4 Å². The maximum absolute atomic E-state index is 11.0. The molecular weight excluding hydrogens is 282 g/mol. The van der Waals surface area contributed by atoms with Gasteiger partial charge in [0, 0.05) is 12.4 Å². The summed E-state index contributed by atoms with van der Waals surface area (Å²) >= 11 is 1.52. The van der Waals surface area contributed by atoms with E-state index in [0.717, 1.165) is 16.9 Å². The Kier molecular flexibility index (Phi) is 4.05. The van der Waals surface area contributed by atoms with Gasteiger partial charge in [0.25, 0.3) is 0 Å². The number of hydrogen-bond donors (Lipinski definition) is 2. The smallest absolute Gasteiger partial charge is 0.329 e. The largest absolute Gasteiger partial charge is 0.348 e. The molecule has 0 atom stereocenters. The van der Waals surface area contributed by atoms with Crippen molar-refractivity contribution in [2.75, 3.05) is 17.4 Å². The van der Waals surface area contributed by atoms with Crippen molar-refractivity contribution in [1.29, 1.82) is 0 Å². The summed E-state index contributed by atoms with van der Waals surface area (Å²) in [5.74, 6) is 5.53. The Hall–Kier alpha value is -2.33. The van der Waals surface area contributed by atoms with Gasteiger partial charge < -0.3 is 4.90 Å². The van der Waals surface area contributed by atoms with Crippen LogP contribution in [0.25, 0.3) is 0 Å². The number of nitrogens with zero attached hydrogens (tertiary/aromatic N) is 5. The summed E-state index contributed by atoms with van der Waals surface area (Å²) in [5.41, 5.74) is 2.91. The van der Waals surface area contributed by atoms with E-state index in [1.54, 1.807) is 11.9 Å². The van der Waals surface area contributed by atoms with Crippen molar-refractivity contribution in [3.8, 4) is 0 Å². The van der Waals surface area contributed by atoms with Gasteiger partial charge in [-0.25, -0.2) is 15.8 Å². The number of nitrogen functional groups attached to an aromatic ring is 1. The van der Waals surface area contributed by atoms with Crippen molar-refractivity contribution < 1.29 is 4.92 Å². The third-order valence-electron chi connectivity index (χ3n) is 2.50. The Balaban J connectivity index is 2.31. The van der Waals surface area contributed by atoms with Gasteiger partial charge >= 0.3 is 5.69 Å². The summed E-state index contributed by atoms with van der Waals surface area (Å²) in [5, 5.41) is 13.9. The molecule has 0 saturated carbocycles. The third-order valence-corrected chi connectivity index (χ3v) is 3.33. The minimum absolute atomic E-state index is 0.118. The lowest BCUT2D eigenvalue weighted by atomic mass is 10.4. The van der Waals surface area contributed by atoms with Gasteiger partial charge in [0.2, 0.25) is 11.8 Å². The molecule has 0 bridgehead atoms. The summed E-state index contributed by atoms with van der Waals surface area (Å²) in [4.78, 5) is 24.2. The van der Waals surface area contributed by atoms with Gasteiger partial charge in [0.05, 0.1) is 22.2 Å². The lowest BCUT2D eigenvalue weighted by Gasteiger charge is -2.16. The quantitative estimate of drug-likeness (QED) is 0.477. The van der Waals surface area contributed by atoms with Gasteiger partial charge in [0.1, 0.15) is 6.20 Å². The predicted octanol–water partition coefficient (Wildman–Crippen LogP) is 1.07. The van der Waals surface area contributed by atoms with Crippen molar-refractivity contribution in [2.24, 2.45) is 5.84 Å². The van der Waals surface area contributed by atoms with Gasteiger partial charge in [-0.2, -0.15) is 4.98 Å². The molecule has 3 N–H and O–H groups in total. The van der Waals surface area contributed by atoms with Crippen molar-refractivity contribution in [1.82, 2.24) is 15.0 Å². The highest BCUT2D eigenvalue weighted by Crippen LogP contribution is 2.26. The van der Waals surface area contributed by atoms with Gasteiger partial charge in [-0.3, -0.25) is 15.5 Å². The van der Waals surface area contributed by atoms with Crippen LogP contribution in [0.5, 0.6) is 0 Å². The first-order chi connectivity index (χ1) is 9.51. The molecule has 0 radical (unpaired) electrons. The van der Waals surface area contributed by atoms with Crippen LogP contribution in [0.1, 0.15) is 10.7 Å². The van der Waals surface area contributed by atoms with E-state index in [1.807, 2.05) is 12.3 Å². The number of nitrogens with one attached hydrogen (secondary N) is 1. The number of hydrazine groups is 1. The number of anilines is 2. The average molecular weight is 295 g/mol. The highest BCUT2D eigenvalue weighted by molar-refractivity contribution is 7.09. The Morgan fingerprint density at radius 3 is 2.85 bits per heavy atom. The van der Waals surface area contributed by atoms with Crippen LogP contribution in [0.4, 0.5) is 17.5 Å². The zero-order chi connectivity index (χ0) is 14.7. The van der Waals surface area contributed by atoms with E-state index in [4.69, 9.17) is 5.84 Å². The molecule has 0 spiro atoms. The Morgan fingerprint density at radius 1 is 1.55 bits per heavy atom. The number of nitro groups is 1. The highest BCUT2D eigenvalue weighted by atomic mass is 32.1. The third kappa shape index (κ3) is 2.97. The van der Waals surface area contributed by atoms with Crippen LogP contribution in [0.15, 0.2) is 11.6 Å². The van der Waals surface area contributed by atoms with Crippen LogP contribution in [0.3, 0.4) is 0 Å². The Bertz CT molecular complexity index is 630. The summed E-state index contributed by atoms with van der Waals surface area (Å²) in [7, 11) is 1.70. The lowest BCUT2D eigenvalue weighted by Crippen LogP contribution is -2.21. The van der Waals surface area contributed by atoms with E-state index < -0.39 is 4.92 Å². The van der Waals surface area contributed by atoms with Crippen molar-refractivity contribution in [2.45, 2.75) is 13.5 Å². The molecule has 0 aliphatic carbocycles. The fraction of sp³-hybridized carbons (Fsp3) is 0.300. The fourth-order valence-corrected chi connectivity index (χ4v) is 2.25. The summed E-state index contributed by atoms with van der Waals surface area (Å²) in [6, 6.07) is 0. The molecule has 2 heterocycles. The first-order valence-electron chi connectivity index (χ1n) is 5.61. The molecule has 0 amide bonds. The molecule has 0 fully saturated rings. The Morgan fingerprint density at radius 2 is 2.30 bits per heavy atom. The number of hydrogen-bond acceptors (Lipinski definition) is 9. The molecule has 0 unspecified atom stereocenters. The van der Waals surface area contributed by atoms with Gasteiger partial charge in [0.15, 0.2) is 0 Å². The van der Waals surface area contributed by atoms with Crippen molar-refractivity contribution >= 4 is 28.8 Å². The number of aryl methyl sites for hydroxylation is 1.